The van der Waals surface area contributed by atoms with Crippen molar-refractivity contribution in [2.24, 2.45) is 0 Å². The second-order valence-electron chi connectivity index (χ2n) is 5.31. The van der Waals surface area contributed by atoms with Crippen LogP contribution in [0.3, 0.4) is 0 Å². The van der Waals surface area contributed by atoms with E-state index in [4.69, 9.17) is 0 Å². The topological polar surface area (TPSA) is 59.3 Å². The van der Waals surface area contributed by atoms with Gasteiger partial charge in [-0.15, -0.1) is 10.2 Å². The van der Waals surface area contributed by atoms with Crippen molar-refractivity contribution in [3.8, 4) is 0 Å². The highest BCUT2D eigenvalue weighted by molar-refractivity contribution is 5.75. The van der Waals surface area contributed by atoms with Gasteiger partial charge >= 0.3 is 0 Å². The monoisotopic (exact) mass is 288 g/mol. The van der Waals surface area contributed by atoms with E-state index in [2.05, 4.69) is 22.4 Å². The van der Waals surface area contributed by atoms with E-state index < -0.39 is 0 Å². The number of unbranched alkanes of at least 4 members (excludes halogenated alkanes) is 4. The molecule has 5 nitrogen and oxygen atoms in total. The van der Waals surface area contributed by atoms with Crippen molar-refractivity contribution < 1.29 is 4.79 Å². The van der Waals surface area contributed by atoms with Crippen molar-refractivity contribution in [2.75, 3.05) is 6.54 Å². The molecule has 2 aromatic rings. The van der Waals surface area contributed by atoms with Crippen LogP contribution in [-0.2, 0) is 11.2 Å². The maximum atomic E-state index is 11.7. The Labute approximate surface area is 125 Å². The first-order valence-corrected chi connectivity index (χ1v) is 7.86. The van der Waals surface area contributed by atoms with Crippen LogP contribution in [0.5, 0.6) is 0 Å². The summed E-state index contributed by atoms with van der Waals surface area (Å²) >= 11 is 0. The van der Waals surface area contributed by atoms with Gasteiger partial charge in [0.2, 0.25) is 5.91 Å². The Bertz CT molecular complexity index is 564. The fraction of sp³-hybridized carbons (Fsp3) is 0.562. The summed E-state index contributed by atoms with van der Waals surface area (Å²) < 4.78 is 1.96. The van der Waals surface area contributed by atoms with E-state index in [9.17, 15) is 4.79 Å². The average Bonchev–Trinajstić information content (AvgIpc) is 2.91. The molecule has 0 spiro atoms. The zero-order chi connectivity index (χ0) is 14.9. The predicted molar refractivity (Wildman–Crippen MR) is 83.1 cm³/mol. The molecule has 0 aliphatic rings. The largest absolute Gasteiger partial charge is 0.356 e. The Morgan fingerprint density at radius 3 is 2.90 bits per heavy atom. The molecule has 0 aliphatic carbocycles. The molecule has 1 amide bonds. The Kier molecular flexibility index (Phi) is 6.19. The van der Waals surface area contributed by atoms with Gasteiger partial charge in [-0.3, -0.25) is 9.20 Å². The highest BCUT2D eigenvalue weighted by Gasteiger charge is 2.05. The highest BCUT2D eigenvalue weighted by atomic mass is 16.1. The summed E-state index contributed by atoms with van der Waals surface area (Å²) in [7, 11) is 0. The summed E-state index contributed by atoms with van der Waals surface area (Å²) in [4.78, 5) is 11.7. The first-order valence-electron chi connectivity index (χ1n) is 7.86. The van der Waals surface area contributed by atoms with Crippen LogP contribution in [0.1, 0.15) is 51.3 Å². The molecule has 0 bridgehead atoms. The minimum atomic E-state index is 0.139. The quantitative estimate of drug-likeness (QED) is 0.722. The van der Waals surface area contributed by atoms with Gasteiger partial charge in [0.25, 0.3) is 0 Å². The molecule has 2 heterocycles. The van der Waals surface area contributed by atoms with E-state index in [1.807, 2.05) is 28.8 Å². The molecule has 0 saturated heterocycles. The van der Waals surface area contributed by atoms with Crippen LogP contribution in [0.25, 0.3) is 5.65 Å². The number of nitrogens with zero attached hydrogens (tertiary/aromatic N) is 3. The summed E-state index contributed by atoms with van der Waals surface area (Å²) in [5.74, 6) is 1.02. The van der Waals surface area contributed by atoms with Crippen LogP contribution in [0, 0.1) is 0 Å². The molecule has 0 atom stereocenters. The third kappa shape index (κ3) is 4.85. The van der Waals surface area contributed by atoms with Crippen molar-refractivity contribution in [1.82, 2.24) is 19.9 Å². The van der Waals surface area contributed by atoms with Crippen LogP contribution in [-0.4, -0.2) is 27.0 Å². The number of carbonyl (C=O) groups excluding carboxylic acids is 1. The fourth-order valence-electron chi connectivity index (χ4n) is 2.35. The third-order valence-electron chi connectivity index (χ3n) is 3.56. The van der Waals surface area contributed by atoms with Crippen molar-refractivity contribution in [1.29, 1.82) is 0 Å². The minimum absolute atomic E-state index is 0.139. The van der Waals surface area contributed by atoms with E-state index in [1.54, 1.807) is 0 Å². The van der Waals surface area contributed by atoms with Gasteiger partial charge in [0.05, 0.1) is 0 Å². The maximum Gasteiger partial charge on any atom is 0.220 e. The van der Waals surface area contributed by atoms with Crippen LogP contribution in [0.4, 0.5) is 0 Å². The second-order valence-corrected chi connectivity index (χ2v) is 5.31. The van der Waals surface area contributed by atoms with Gasteiger partial charge in [-0.25, -0.2) is 0 Å². The molecule has 0 aromatic carbocycles. The smallest absolute Gasteiger partial charge is 0.220 e. The van der Waals surface area contributed by atoms with E-state index in [1.165, 1.54) is 19.3 Å². The zero-order valence-corrected chi connectivity index (χ0v) is 12.7. The van der Waals surface area contributed by atoms with E-state index in [0.717, 1.165) is 24.3 Å². The number of hydrogen-bond acceptors (Lipinski definition) is 3. The van der Waals surface area contributed by atoms with E-state index in [-0.39, 0.29) is 5.91 Å². The normalized spacial score (nSPS) is 10.9. The first-order chi connectivity index (χ1) is 10.3. The van der Waals surface area contributed by atoms with Gasteiger partial charge in [-0.1, -0.05) is 38.7 Å². The lowest BCUT2D eigenvalue weighted by atomic mass is 10.1. The Morgan fingerprint density at radius 2 is 2.05 bits per heavy atom. The second kappa shape index (κ2) is 8.39. The zero-order valence-electron chi connectivity index (χ0n) is 12.7. The molecule has 114 valence electrons. The van der Waals surface area contributed by atoms with E-state index >= 15 is 0 Å². The van der Waals surface area contributed by atoms with Crippen molar-refractivity contribution in [2.45, 2.75) is 51.9 Å². The van der Waals surface area contributed by atoms with Gasteiger partial charge in [0, 0.05) is 25.6 Å². The number of carbonyl (C=O) groups is 1. The molecule has 2 rings (SSSR count). The van der Waals surface area contributed by atoms with E-state index in [0.29, 0.717) is 19.4 Å². The lowest BCUT2D eigenvalue weighted by Crippen LogP contribution is -2.25. The molecule has 0 saturated carbocycles. The molecular formula is C16H24N4O. The van der Waals surface area contributed by atoms with Gasteiger partial charge in [-0.2, -0.15) is 0 Å². The Hall–Kier alpha value is -1.91. The molecule has 0 unspecified atom stereocenters. The minimum Gasteiger partial charge on any atom is -0.356 e. The molecule has 1 N–H and O–H groups in total. The first kappa shape index (κ1) is 15.5. The third-order valence-corrected chi connectivity index (χ3v) is 3.56. The summed E-state index contributed by atoms with van der Waals surface area (Å²) in [5.41, 5.74) is 0.842. The standard InChI is InChI=1S/C16H24N4O/c1-2-3-4-5-6-10-16(21)17-12-11-15-19-18-14-9-7-8-13-20(14)15/h7-9,13H,2-6,10-12H2,1H3,(H,17,21). The van der Waals surface area contributed by atoms with Crippen molar-refractivity contribution in [3.05, 3.63) is 30.2 Å². The van der Waals surface area contributed by atoms with Gasteiger partial charge < -0.3 is 5.32 Å². The maximum absolute atomic E-state index is 11.7. The molecule has 5 heteroatoms. The SMILES string of the molecule is CCCCCCCC(=O)NCCc1nnc2ccccn12. The predicted octanol–water partition coefficient (Wildman–Crippen LogP) is 2.75. The number of hydrogen-bond donors (Lipinski definition) is 1. The summed E-state index contributed by atoms with van der Waals surface area (Å²) in [5, 5.41) is 11.2. The molecular weight excluding hydrogens is 264 g/mol. The molecule has 0 fully saturated rings. The van der Waals surface area contributed by atoms with Gasteiger partial charge in [0.15, 0.2) is 5.65 Å². The summed E-state index contributed by atoms with van der Waals surface area (Å²) in [6.45, 7) is 2.81. The van der Waals surface area contributed by atoms with Crippen molar-refractivity contribution in [3.63, 3.8) is 0 Å². The van der Waals surface area contributed by atoms with Crippen LogP contribution < -0.4 is 5.32 Å². The number of rotatable bonds is 9. The molecule has 21 heavy (non-hydrogen) atoms. The van der Waals surface area contributed by atoms with Gasteiger partial charge in [0.1, 0.15) is 5.82 Å². The highest BCUT2D eigenvalue weighted by Crippen LogP contribution is 2.05. The number of fused-ring (bicyclic) bond motifs is 1. The van der Waals surface area contributed by atoms with Crippen LogP contribution >= 0.6 is 0 Å². The summed E-state index contributed by atoms with van der Waals surface area (Å²) in [6.07, 6.45) is 9.14. The molecule has 2 aromatic heterocycles. The number of nitrogens with one attached hydrogen (secondary N) is 1. The van der Waals surface area contributed by atoms with Crippen molar-refractivity contribution >= 4 is 11.6 Å². The molecule has 0 aliphatic heterocycles. The lowest BCUT2D eigenvalue weighted by molar-refractivity contribution is -0.121. The Morgan fingerprint density at radius 1 is 1.19 bits per heavy atom. The summed E-state index contributed by atoms with van der Waals surface area (Å²) in [6, 6.07) is 5.81. The van der Waals surface area contributed by atoms with Crippen LogP contribution in [0.15, 0.2) is 24.4 Å². The molecule has 0 radical (unpaired) electrons. The van der Waals surface area contributed by atoms with Crippen LogP contribution in [0.2, 0.25) is 0 Å². The number of pyridine rings is 1. The Balaban J connectivity index is 1.66. The average molecular weight is 288 g/mol. The van der Waals surface area contributed by atoms with Gasteiger partial charge in [-0.05, 0) is 18.6 Å². The fourth-order valence-corrected chi connectivity index (χ4v) is 2.35. The number of amides is 1. The number of aromatic nitrogens is 3. The lowest BCUT2D eigenvalue weighted by Gasteiger charge is -2.04.